The number of fused-ring (bicyclic) bond motifs is 1. The van der Waals surface area contributed by atoms with E-state index in [2.05, 4.69) is 4.90 Å². The molecule has 31 heavy (non-hydrogen) atoms. The second-order valence-corrected chi connectivity index (χ2v) is 8.92. The monoisotopic (exact) mass is 421 g/mol. The van der Waals surface area contributed by atoms with Crippen molar-refractivity contribution >= 4 is 29.3 Å². The smallest absolute Gasteiger partial charge is 0.410 e. The number of amides is 3. The third kappa shape index (κ3) is 4.00. The van der Waals surface area contributed by atoms with Crippen LogP contribution >= 0.6 is 0 Å². The van der Waals surface area contributed by atoms with Crippen LogP contribution in [-0.2, 0) is 4.74 Å². The number of rotatable bonds is 2. The number of aryl methyl sites for hydroxylation is 1. The number of ether oxygens (including phenoxy) is 1. The molecular weight excluding hydrogens is 394 g/mol. The van der Waals surface area contributed by atoms with Crippen molar-refractivity contribution in [2.45, 2.75) is 33.3 Å². The van der Waals surface area contributed by atoms with Gasteiger partial charge in [0.25, 0.3) is 11.8 Å². The van der Waals surface area contributed by atoms with Crippen molar-refractivity contribution in [2.75, 3.05) is 36.0 Å². The molecule has 4 rings (SSSR count). The van der Waals surface area contributed by atoms with Crippen molar-refractivity contribution < 1.29 is 19.1 Å². The van der Waals surface area contributed by atoms with E-state index in [0.717, 1.165) is 11.3 Å². The summed E-state index contributed by atoms with van der Waals surface area (Å²) in [4.78, 5) is 43.0. The Balaban J connectivity index is 1.47. The molecule has 0 radical (unpaired) electrons. The van der Waals surface area contributed by atoms with Gasteiger partial charge in [-0.05, 0) is 63.6 Å². The predicted molar refractivity (Wildman–Crippen MR) is 119 cm³/mol. The highest BCUT2D eigenvalue weighted by Crippen LogP contribution is 2.32. The Morgan fingerprint density at radius 1 is 0.903 bits per heavy atom. The van der Waals surface area contributed by atoms with E-state index in [9.17, 15) is 14.4 Å². The molecule has 1 fully saturated rings. The fraction of sp³-hybridized carbons (Fsp3) is 0.375. The highest BCUT2D eigenvalue weighted by molar-refractivity contribution is 6.34. The summed E-state index contributed by atoms with van der Waals surface area (Å²) >= 11 is 0. The fourth-order valence-electron chi connectivity index (χ4n) is 4.01. The lowest BCUT2D eigenvalue weighted by atomic mass is 10.1. The van der Waals surface area contributed by atoms with Crippen molar-refractivity contribution in [2.24, 2.45) is 0 Å². The second kappa shape index (κ2) is 7.72. The quantitative estimate of drug-likeness (QED) is 0.689. The fourth-order valence-corrected chi connectivity index (χ4v) is 4.01. The Labute approximate surface area is 182 Å². The average molecular weight is 421 g/mol. The topological polar surface area (TPSA) is 70.2 Å². The molecule has 0 atom stereocenters. The van der Waals surface area contributed by atoms with Crippen LogP contribution in [0.2, 0.25) is 0 Å². The van der Waals surface area contributed by atoms with Gasteiger partial charge in [-0.15, -0.1) is 0 Å². The van der Waals surface area contributed by atoms with Gasteiger partial charge in [-0.3, -0.25) is 9.59 Å². The molecule has 7 nitrogen and oxygen atoms in total. The first-order chi connectivity index (χ1) is 14.7. The van der Waals surface area contributed by atoms with Crippen LogP contribution in [0.4, 0.5) is 16.2 Å². The predicted octanol–water partition coefficient (Wildman–Crippen LogP) is 3.85. The van der Waals surface area contributed by atoms with Crippen molar-refractivity contribution in [3.63, 3.8) is 0 Å². The third-order valence-corrected chi connectivity index (χ3v) is 5.50. The highest BCUT2D eigenvalue weighted by Gasteiger charge is 2.36. The van der Waals surface area contributed by atoms with Gasteiger partial charge in [0.05, 0.1) is 16.8 Å². The molecule has 2 aliphatic rings. The minimum atomic E-state index is -0.509. The van der Waals surface area contributed by atoms with E-state index in [1.165, 1.54) is 4.90 Å². The van der Waals surface area contributed by atoms with Crippen LogP contribution < -0.4 is 9.80 Å². The Morgan fingerprint density at radius 3 is 2.00 bits per heavy atom. The van der Waals surface area contributed by atoms with Crippen LogP contribution in [0.5, 0.6) is 0 Å². The molecule has 0 bridgehead atoms. The number of carbonyl (C=O) groups excluding carboxylic acids is 3. The molecule has 162 valence electrons. The molecule has 0 spiro atoms. The van der Waals surface area contributed by atoms with Gasteiger partial charge >= 0.3 is 6.09 Å². The van der Waals surface area contributed by atoms with Crippen LogP contribution in [0.25, 0.3) is 0 Å². The number of carbonyl (C=O) groups is 3. The van der Waals surface area contributed by atoms with E-state index in [-0.39, 0.29) is 17.9 Å². The normalized spacial score (nSPS) is 16.6. The van der Waals surface area contributed by atoms with E-state index < -0.39 is 5.60 Å². The van der Waals surface area contributed by atoms with Gasteiger partial charge in [-0.2, -0.15) is 0 Å². The summed E-state index contributed by atoms with van der Waals surface area (Å²) < 4.78 is 5.46. The summed E-state index contributed by atoms with van der Waals surface area (Å²) in [7, 11) is 0. The number of anilines is 2. The van der Waals surface area contributed by atoms with Crippen molar-refractivity contribution in [3.8, 4) is 0 Å². The zero-order valence-corrected chi connectivity index (χ0v) is 18.3. The summed E-state index contributed by atoms with van der Waals surface area (Å²) in [6, 6.07) is 12.5. The summed E-state index contributed by atoms with van der Waals surface area (Å²) in [6.45, 7) is 10.1. The Bertz CT molecular complexity index is 1010. The second-order valence-electron chi connectivity index (χ2n) is 8.92. The van der Waals surface area contributed by atoms with Crippen LogP contribution in [0.1, 0.15) is 47.1 Å². The largest absolute Gasteiger partial charge is 0.444 e. The molecule has 2 aromatic carbocycles. The number of imide groups is 1. The van der Waals surface area contributed by atoms with Gasteiger partial charge in [0, 0.05) is 31.9 Å². The van der Waals surface area contributed by atoms with Crippen LogP contribution in [-0.4, -0.2) is 54.6 Å². The number of hydrogen-bond donors (Lipinski definition) is 0. The van der Waals surface area contributed by atoms with E-state index in [1.807, 2.05) is 45.9 Å². The summed E-state index contributed by atoms with van der Waals surface area (Å²) in [5, 5.41) is 0. The van der Waals surface area contributed by atoms with E-state index in [1.54, 1.807) is 29.2 Å². The number of piperazine rings is 1. The third-order valence-electron chi connectivity index (χ3n) is 5.50. The Hall–Kier alpha value is -3.35. The van der Waals surface area contributed by atoms with Crippen molar-refractivity contribution in [1.82, 2.24) is 4.90 Å². The van der Waals surface area contributed by atoms with Gasteiger partial charge < -0.3 is 14.5 Å². The highest BCUT2D eigenvalue weighted by atomic mass is 16.6. The molecule has 0 saturated carbocycles. The maximum Gasteiger partial charge on any atom is 0.410 e. The van der Waals surface area contributed by atoms with Gasteiger partial charge in [0.2, 0.25) is 0 Å². The van der Waals surface area contributed by atoms with Gasteiger partial charge in [0.15, 0.2) is 0 Å². The first-order valence-corrected chi connectivity index (χ1v) is 10.5. The van der Waals surface area contributed by atoms with Gasteiger partial charge in [-0.25, -0.2) is 9.69 Å². The maximum atomic E-state index is 12.7. The van der Waals surface area contributed by atoms with Crippen molar-refractivity contribution in [1.29, 1.82) is 0 Å². The minimum absolute atomic E-state index is 0.287. The molecule has 3 amide bonds. The summed E-state index contributed by atoms with van der Waals surface area (Å²) in [5.74, 6) is -0.586. The first-order valence-electron chi connectivity index (χ1n) is 10.5. The first kappa shape index (κ1) is 20.9. The lowest BCUT2D eigenvalue weighted by Crippen LogP contribution is -2.50. The van der Waals surface area contributed by atoms with Crippen LogP contribution in [0.15, 0.2) is 42.5 Å². The van der Waals surface area contributed by atoms with Crippen molar-refractivity contribution in [3.05, 3.63) is 59.2 Å². The minimum Gasteiger partial charge on any atom is -0.444 e. The van der Waals surface area contributed by atoms with Gasteiger partial charge in [0.1, 0.15) is 5.60 Å². The lowest BCUT2D eigenvalue weighted by Gasteiger charge is -2.37. The molecule has 0 unspecified atom stereocenters. The van der Waals surface area contributed by atoms with E-state index >= 15 is 0 Å². The molecule has 2 heterocycles. The molecule has 2 aromatic rings. The molecule has 0 N–H and O–H groups in total. The van der Waals surface area contributed by atoms with E-state index in [0.29, 0.717) is 43.0 Å². The molecule has 7 heteroatoms. The number of hydrogen-bond acceptors (Lipinski definition) is 5. The average Bonchev–Trinajstić information content (AvgIpc) is 2.97. The maximum absolute atomic E-state index is 12.7. The molecule has 1 saturated heterocycles. The molecule has 0 aromatic heterocycles. The zero-order chi connectivity index (χ0) is 22.3. The van der Waals surface area contributed by atoms with Crippen LogP contribution in [0.3, 0.4) is 0 Å². The molecular formula is C24H27N3O4. The molecule has 0 aliphatic carbocycles. The lowest BCUT2D eigenvalue weighted by molar-refractivity contribution is 0.0240. The SMILES string of the molecule is Cc1cc(N2C(=O)c3ccccc3C2=O)ccc1N1CCN(C(=O)OC(C)(C)C)CC1. The summed E-state index contributed by atoms with van der Waals surface area (Å²) in [5.41, 5.74) is 2.94. The van der Waals surface area contributed by atoms with E-state index in [4.69, 9.17) is 4.74 Å². The number of nitrogens with zero attached hydrogens (tertiary/aromatic N) is 3. The van der Waals surface area contributed by atoms with Gasteiger partial charge in [-0.1, -0.05) is 12.1 Å². The zero-order valence-electron chi connectivity index (χ0n) is 18.3. The Morgan fingerprint density at radius 2 is 1.48 bits per heavy atom. The van der Waals surface area contributed by atoms with Crippen LogP contribution in [0, 0.1) is 6.92 Å². The Kier molecular flexibility index (Phi) is 5.21. The number of benzene rings is 2. The standard InChI is InChI=1S/C24H27N3O4/c1-16-15-17(27-21(28)18-7-5-6-8-19(18)22(27)29)9-10-20(16)25-11-13-26(14-12-25)23(30)31-24(2,3)4/h5-10,15H,11-14H2,1-4H3. The summed E-state index contributed by atoms with van der Waals surface area (Å²) in [6.07, 6.45) is -0.287. The molecule has 2 aliphatic heterocycles.